The van der Waals surface area contributed by atoms with Crippen molar-refractivity contribution in [1.29, 1.82) is 0 Å². The summed E-state index contributed by atoms with van der Waals surface area (Å²) in [7, 11) is -3.45. The van der Waals surface area contributed by atoms with Crippen LogP contribution < -0.4 is 10.5 Å². The minimum atomic E-state index is -3.45. The van der Waals surface area contributed by atoms with E-state index in [0.717, 1.165) is 12.2 Å². The van der Waals surface area contributed by atoms with Crippen molar-refractivity contribution in [3.8, 4) is 0 Å². The molecule has 1 aliphatic heterocycles. The van der Waals surface area contributed by atoms with Crippen LogP contribution in [0.25, 0.3) is 0 Å². The Bertz CT molecular complexity index is 511. The predicted octanol–water partition coefficient (Wildman–Crippen LogP) is 1.71. The zero-order valence-corrected chi connectivity index (χ0v) is 12.5. The van der Waals surface area contributed by atoms with E-state index in [1.54, 1.807) is 24.3 Å². The normalized spacial score (nSPS) is 20.4. The standard InChI is InChI=1S/C13H20N2O2S2/c14-9-11-5-1-2-7-13(11)19(16,17)15-10-12-6-3-4-8-18-12/h1-2,5,7,12,15H,3-4,6,8-10,14H2. The van der Waals surface area contributed by atoms with Gasteiger partial charge in [-0.2, -0.15) is 11.8 Å². The Balaban J connectivity index is 2.05. The fourth-order valence-electron chi connectivity index (χ4n) is 2.18. The topological polar surface area (TPSA) is 72.2 Å². The van der Waals surface area contributed by atoms with Crippen LogP contribution >= 0.6 is 11.8 Å². The molecule has 1 fully saturated rings. The SMILES string of the molecule is NCc1ccccc1S(=O)(=O)NCC1CCCCS1. The van der Waals surface area contributed by atoms with Crippen molar-refractivity contribution in [2.24, 2.45) is 5.73 Å². The maximum atomic E-state index is 12.3. The van der Waals surface area contributed by atoms with Crippen LogP contribution in [0.3, 0.4) is 0 Å². The lowest BCUT2D eigenvalue weighted by molar-refractivity contribution is 0.572. The third kappa shape index (κ3) is 3.95. The van der Waals surface area contributed by atoms with Crippen molar-refractivity contribution in [3.63, 3.8) is 0 Å². The minimum Gasteiger partial charge on any atom is -0.326 e. The highest BCUT2D eigenvalue weighted by Crippen LogP contribution is 2.25. The number of nitrogens with two attached hydrogens (primary N) is 1. The summed E-state index contributed by atoms with van der Waals surface area (Å²) in [5, 5.41) is 0.397. The quantitative estimate of drug-likeness (QED) is 0.868. The first-order valence-electron chi connectivity index (χ1n) is 6.53. The van der Waals surface area contributed by atoms with Gasteiger partial charge in [0.25, 0.3) is 0 Å². The molecule has 0 radical (unpaired) electrons. The van der Waals surface area contributed by atoms with E-state index >= 15 is 0 Å². The van der Waals surface area contributed by atoms with Gasteiger partial charge in [-0.1, -0.05) is 24.6 Å². The Labute approximate surface area is 119 Å². The van der Waals surface area contributed by atoms with E-state index in [4.69, 9.17) is 5.73 Å². The summed E-state index contributed by atoms with van der Waals surface area (Å²) in [6, 6.07) is 6.89. The number of benzene rings is 1. The summed E-state index contributed by atoms with van der Waals surface area (Å²) in [6.45, 7) is 0.737. The summed E-state index contributed by atoms with van der Waals surface area (Å²) < 4.78 is 27.3. The van der Waals surface area contributed by atoms with Crippen molar-refractivity contribution in [2.75, 3.05) is 12.3 Å². The van der Waals surface area contributed by atoms with E-state index in [1.165, 1.54) is 12.8 Å². The van der Waals surface area contributed by atoms with Gasteiger partial charge in [0.2, 0.25) is 10.0 Å². The molecule has 2 rings (SSSR count). The van der Waals surface area contributed by atoms with Crippen molar-refractivity contribution in [2.45, 2.75) is 36.0 Å². The average Bonchev–Trinajstić information content (AvgIpc) is 2.46. The van der Waals surface area contributed by atoms with Crippen molar-refractivity contribution < 1.29 is 8.42 Å². The highest BCUT2D eigenvalue weighted by Gasteiger charge is 2.20. The van der Waals surface area contributed by atoms with Crippen LogP contribution in [0.15, 0.2) is 29.2 Å². The Morgan fingerprint density at radius 2 is 2.11 bits per heavy atom. The first kappa shape index (κ1) is 14.8. The maximum Gasteiger partial charge on any atom is 0.240 e. The van der Waals surface area contributed by atoms with E-state index in [-0.39, 0.29) is 6.54 Å². The molecular weight excluding hydrogens is 280 g/mol. The molecule has 106 valence electrons. The van der Waals surface area contributed by atoms with Gasteiger partial charge in [0.05, 0.1) is 4.90 Å². The van der Waals surface area contributed by atoms with Gasteiger partial charge in [0.1, 0.15) is 0 Å². The molecule has 0 spiro atoms. The lowest BCUT2D eigenvalue weighted by Gasteiger charge is -2.21. The van der Waals surface area contributed by atoms with Crippen LogP contribution in [-0.2, 0) is 16.6 Å². The molecule has 1 unspecified atom stereocenters. The Kier molecular flexibility index (Phi) is 5.27. The Morgan fingerprint density at radius 3 is 2.79 bits per heavy atom. The molecule has 1 saturated heterocycles. The second-order valence-corrected chi connectivity index (χ2v) is 7.80. The fraction of sp³-hybridized carbons (Fsp3) is 0.538. The van der Waals surface area contributed by atoms with Crippen LogP contribution in [0.4, 0.5) is 0 Å². The summed E-state index contributed by atoms with van der Waals surface area (Å²) in [5.41, 5.74) is 6.25. The molecule has 3 N–H and O–H groups in total. The summed E-state index contributed by atoms with van der Waals surface area (Å²) in [5.74, 6) is 1.13. The van der Waals surface area contributed by atoms with Gasteiger partial charge in [-0.3, -0.25) is 0 Å². The zero-order valence-electron chi connectivity index (χ0n) is 10.8. The lowest BCUT2D eigenvalue weighted by atomic mass is 10.2. The fourth-order valence-corrected chi connectivity index (χ4v) is 4.86. The third-order valence-electron chi connectivity index (χ3n) is 3.26. The highest BCUT2D eigenvalue weighted by molar-refractivity contribution is 8.00. The number of hydrogen-bond acceptors (Lipinski definition) is 4. The number of rotatable bonds is 5. The average molecular weight is 300 g/mol. The second-order valence-electron chi connectivity index (χ2n) is 4.65. The van der Waals surface area contributed by atoms with Crippen LogP contribution in [0.1, 0.15) is 24.8 Å². The molecule has 1 aliphatic rings. The van der Waals surface area contributed by atoms with Crippen LogP contribution in [0.2, 0.25) is 0 Å². The van der Waals surface area contributed by atoms with E-state index in [9.17, 15) is 8.42 Å². The monoisotopic (exact) mass is 300 g/mol. The van der Waals surface area contributed by atoms with E-state index in [2.05, 4.69) is 4.72 Å². The van der Waals surface area contributed by atoms with E-state index in [0.29, 0.717) is 22.3 Å². The molecule has 4 nitrogen and oxygen atoms in total. The molecule has 19 heavy (non-hydrogen) atoms. The van der Waals surface area contributed by atoms with Crippen LogP contribution in [0, 0.1) is 0 Å². The molecule has 0 aliphatic carbocycles. The molecule has 0 bridgehead atoms. The largest absolute Gasteiger partial charge is 0.326 e. The minimum absolute atomic E-state index is 0.231. The lowest BCUT2D eigenvalue weighted by Crippen LogP contribution is -2.32. The van der Waals surface area contributed by atoms with E-state index in [1.807, 2.05) is 11.8 Å². The molecule has 0 aromatic heterocycles. The van der Waals surface area contributed by atoms with Crippen molar-refractivity contribution in [3.05, 3.63) is 29.8 Å². The molecule has 1 aromatic carbocycles. The third-order valence-corrected chi connectivity index (χ3v) is 6.18. The molecular formula is C13H20N2O2S2. The molecule has 1 atom stereocenters. The second kappa shape index (κ2) is 6.74. The first-order valence-corrected chi connectivity index (χ1v) is 9.06. The van der Waals surface area contributed by atoms with Gasteiger partial charge in [-0.15, -0.1) is 0 Å². The van der Waals surface area contributed by atoms with Gasteiger partial charge in [-0.05, 0) is 30.2 Å². The van der Waals surface area contributed by atoms with Crippen molar-refractivity contribution >= 4 is 21.8 Å². The van der Waals surface area contributed by atoms with Gasteiger partial charge < -0.3 is 5.73 Å². The number of sulfonamides is 1. The number of hydrogen-bond donors (Lipinski definition) is 2. The van der Waals surface area contributed by atoms with Gasteiger partial charge >= 0.3 is 0 Å². The summed E-state index contributed by atoms with van der Waals surface area (Å²) >= 11 is 1.86. The Morgan fingerprint density at radius 1 is 1.32 bits per heavy atom. The predicted molar refractivity (Wildman–Crippen MR) is 79.6 cm³/mol. The maximum absolute atomic E-state index is 12.3. The number of nitrogens with one attached hydrogen (secondary N) is 1. The first-order chi connectivity index (χ1) is 9.13. The van der Waals surface area contributed by atoms with Gasteiger partial charge in [0.15, 0.2) is 0 Å². The summed E-state index contributed by atoms with van der Waals surface area (Å²) in [6.07, 6.45) is 3.52. The van der Waals surface area contributed by atoms with Crippen LogP contribution in [-0.4, -0.2) is 26.0 Å². The highest BCUT2D eigenvalue weighted by atomic mass is 32.2. The molecule has 1 heterocycles. The zero-order chi connectivity index (χ0) is 13.7. The van der Waals surface area contributed by atoms with Crippen LogP contribution in [0.5, 0.6) is 0 Å². The molecule has 1 aromatic rings. The summed E-state index contributed by atoms with van der Waals surface area (Å²) in [4.78, 5) is 0.304. The molecule has 6 heteroatoms. The number of thioether (sulfide) groups is 1. The smallest absolute Gasteiger partial charge is 0.240 e. The van der Waals surface area contributed by atoms with Crippen molar-refractivity contribution in [1.82, 2.24) is 4.72 Å². The molecule has 0 amide bonds. The van der Waals surface area contributed by atoms with Gasteiger partial charge in [-0.25, -0.2) is 13.1 Å². The van der Waals surface area contributed by atoms with Gasteiger partial charge in [0, 0.05) is 18.3 Å². The van der Waals surface area contributed by atoms with E-state index < -0.39 is 10.0 Å². The molecule has 0 saturated carbocycles. The Hall–Kier alpha value is -0.560.